The van der Waals surface area contributed by atoms with Gasteiger partial charge in [-0.1, -0.05) is 23.3 Å². The number of hydrogen-bond acceptors (Lipinski definition) is 2. The van der Waals surface area contributed by atoms with Gasteiger partial charge < -0.3 is 4.57 Å². The lowest BCUT2D eigenvalue weighted by Gasteiger charge is -2.02. The van der Waals surface area contributed by atoms with E-state index in [1.54, 1.807) is 12.1 Å². The van der Waals surface area contributed by atoms with Gasteiger partial charge in [-0.25, -0.2) is 8.78 Å². The van der Waals surface area contributed by atoms with Crippen LogP contribution < -0.4 is 4.80 Å². The van der Waals surface area contributed by atoms with E-state index in [0.717, 1.165) is 28.5 Å². The Hall–Kier alpha value is -2.78. The number of aryl methyl sites for hydroxylation is 2. The third-order valence-corrected chi connectivity index (χ3v) is 4.92. The molecule has 0 radical (unpaired) electrons. The molecular weight excluding hydrogens is 342 g/mol. The number of benzene rings is 2. The van der Waals surface area contributed by atoms with Crippen molar-refractivity contribution in [3.8, 4) is 12.3 Å². The lowest BCUT2D eigenvalue weighted by atomic mass is 10.1. The first-order valence-electron chi connectivity index (χ1n) is 7.49. The average Bonchev–Trinajstić information content (AvgIpc) is 2.87. The molecule has 0 saturated carbocycles. The Balaban J connectivity index is 2.20. The molecule has 3 rings (SSSR count). The molecule has 0 saturated heterocycles. The normalized spacial score (nSPS) is 11.7. The fourth-order valence-corrected chi connectivity index (χ4v) is 3.55. The maximum Gasteiger partial charge on any atom is 0.279 e. The van der Waals surface area contributed by atoms with Gasteiger partial charge >= 0.3 is 0 Å². The van der Waals surface area contributed by atoms with E-state index in [9.17, 15) is 13.6 Å². The van der Waals surface area contributed by atoms with Crippen LogP contribution in [0.5, 0.6) is 0 Å². The highest BCUT2D eigenvalue weighted by Crippen LogP contribution is 2.22. The molecular formula is C19H14F2N2OS. The monoisotopic (exact) mass is 356 g/mol. The van der Waals surface area contributed by atoms with Crippen molar-refractivity contribution in [3.63, 3.8) is 0 Å². The predicted molar refractivity (Wildman–Crippen MR) is 94.4 cm³/mol. The molecule has 0 N–H and O–H groups in total. The summed E-state index contributed by atoms with van der Waals surface area (Å²) < 4.78 is 29.4. The van der Waals surface area contributed by atoms with Crippen LogP contribution in [0.25, 0.3) is 10.2 Å². The molecule has 2 aromatic carbocycles. The van der Waals surface area contributed by atoms with Crippen LogP contribution in [0.4, 0.5) is 8.78 Å². The molecule has 1 heterocycles. The number of carbonyl (C=O) groups excluding carboxylic acids is 1. The van der Waals surface area contributed by atoms with Crippen LogP contribution in [0, 0.1) is 37.8 Å². The number of rotatable bonds is 2. The standard InChI is InChI=1S/C19H14F2N2OS/c1-4-7-23-17-15(21)9-14(20)10-16(17)25-19(23)22-18(24)13-6-5-11(2)12(3)8-13/h1,5-6,8-10H,7H2,2-3H3. The van der Waals surface area contributed by atoms with Gasteiger partial charge in [0.15, 0.2) is 10.6 Å². The summed E-state index contributed by atoms with van der Waals surface area (Å²) in [6, 6.07) is 7.27. The number of nitrogens with zero attached hydrogens (tertiary/aromatic N) is 2. The summed E-state index contributed by atoms with van der Waals surface area (Å²) in [4.78, 5) is 16.8. The van der Waals surface area contributed by atoms with Gasteiger partial charge in [-0.2, -0.15) is 4.99 Å². The second-order valence-electron chi connectivity index (χ2n) is 5.63. The van der Waals surface area contributed by atoms with Crippen LogP contribution in [-0.4, -0.2) is 10.5 Å². The van der Waals surface area contributed by atoms with Gasteiger partial charge in [0.05, 0.1) is 16.8 Å². The van der Waals surface area contributed by atoms with Crippen LogP contribution in [-0.2, 0) is 6.54 Å². The van der Waals surface area contributed by atoms with Crippen molar-refractivity contribution in [1.82, 2.24) is 4.57 Å². The van der Waals surface area contributed by atoms with Crippen molar-refractivity contribution < 1.29 is 13.6 Å². The predicted octanol–water partition coefficient (Wildman–Crippen LogP) is 3.97. The highest BCUT2D eigenvalue weighted by Gasteiger charge is 2.14. The van der Waals surface area contributed by atoms with Gasteiger partial charge in [-0.15, -0.1) is 6.42 Å². The van der Waals surface area contributed by atoms with Crippen molar-refractivity contribution >= 4 is 27.5 Å². The summed E-state index contributed by atoms with van der Waals surface area (Å²) in [6.07, 6.45) is 5.35. The van der Waals surface area contributed by atoms with Crippen molar-refractivity contribution in [3.05, 3.63) is 63.5 Å². The zero-order chi connectivity index (χ0) is 18.1. The lowest BCUT2D eigenvalue weighted by Crippen LogP contribution is -2.17. The van der Waals surface area contributed by atoms with E-state index in [1.807, 2.05) is 19.9 Å². The molecule has 0 aliphatic heterocycles. The summed E-state index contributed by atoms with van der Waals surface area (Å²) in [6.45, 7) is 3.88. The molecule has 3 aromatic rings. The van der Waals surface area contributed by atoms with Crippen molar-refractivity contribution in [2.75, 3.05) is 0 Å². The molecule has 0 aliphatic rings. The molecule has 0 unspecified atom stereocenters. The summed E-state index contributed by atoms with van der Waals surface area (Å²) in [5.41, 5.74) is 2.62. The number of hydrogen-bond donors (Lipinski definition) is 0. The Morgan fingerprint density at radius 2 is 2.00 bits per heavy atom. The van der Waals surface area contributed by atoms with E-state index in [0.29, 0.717) is 10.3 Å². The molecule has 6 heteroatoms. The molecule has 0 bridgehead atoms. The zero-order valence-corrected chi connectivity index (χ0v) is 14.5. The van der Waals surface area contributed by atoms with Crippen LogP contribution >= 0.6 is 11.3 Å². The Morgan fingerprint density at radius 1 is 1.24 bits per heavy atom. The van der Waals surface area contributed by atoms with Crippen molar-refractivity contribution in [1.29, 1.82) is 0 Å². The van der Waals surface area contributed by atoms with Gasteiger partial charge in [-0.3, -0.25) is 4.79 Å². The third-order valence-electron chi connectivity index (χ3n) is 3.90. The lowest BCUT2D eigenvalue weighted by molar-refractivity contribution is 0.0998. The van der Waals surface area contributed by atoms with Gasteiger partial charge in [0.25, 0.3) is 5.91 Å². The maximum atomic E-state index is 14.2. The molecule has 1 aromatic heterocycles. The summed E-state index contributed by atoms with van der Waals surface area (Å²) >= 11 is 1.02. The van der Waals surface area contributed by atoms with Crippen LogP contribution in [0.1, 0.15) is 21.5 Å². The second-order valence-corrected chi connectivity index (χ2v) is 6.63. The van der Waals surface area contributed by atoms with Crippen LogP contribution in [0.15, 0.2) is 35.3 Å². The zero-order valence-electron chi connectivity index (χ0n) is 13.6. The van der Waals surface area contributed by atoms with E-state index < -0.39 is 17.5 Å². The Bertz CT molecular complexity index is 1100. The number of amides is 1. The molecule has 3 nitrogen and oxygen atoms in total. The summed E-state index contributed by atoms with van der Waals surface area (Å²) in [5.74, 6) is 0.531. The summed E-state index contributed by atoms with van der Waals surface area (Å²) in [5, 5.41) is 0. The maximum absolute atomic E-state index is 14.2. The van der Waals surface area contributed by atoms with E-state index in [2.05, 4.69) is 10.9 Å². The Morgan fingerprint density at radius 3 is 2.68 bits per heavy atom. The SMILES string of the molecule is C#CCn1c(=NC(=O)c2ccc(C)c(C)c2)sc2cc(F)cc(F)c21. The van der Waals surface area contributed by atoms with E-state index >= 15 is 0 Å². The van der Waals surface area contributed by atoms with Gasteiger partial charge in [0.2, 0.25) is 0 Å². The van der Waals surface area contributed by atoms with E-state index in [1.165, 1.54) is 10.6 Å². The van der Waals surface area contributed by atoms with Crippen molar-refractivity contribution in [2.24, 2.45) is 4.99 Å². The first kappa shape index (κ1) is 17.1. The number of aromatic nitrogens is 1. The Labute approximate surface area is 147 Å². The summed E-state index contributed by atoms with van der Waals surface area (Å²) in [7, 11) is 0. The minimum atomic E-state index is -0.735. The molecule has 126 valence electrons. The minimum absolute atomic E-state index is 0.0294. The topological polar surface area (TPSA) is 34.4 Å². The highest BCUT2D eigenvalue weighted by atomic mass is 32.1. The quantitative estimate of drug-likeness (QED) is 0.640. The van der Waals surface area contributed by atoms with Gasteiger partial charge in [0.1, 0.15) is 5.82 Å². The van der Waals surface area contributed by atoms with E-state index in [-0.39, 0.29) is 16.9 Å². The number of halogens is 2. The fraction of sp³-hybridized carbons (Fsp3) is 0.158. The number of thiazole rings is 1. The Kier molecular flexibility index (Phi) is 4.51. The number of terminal acetylenes is 1. The fourth-order valence-electron chi connectivity index (χ4n) is 2.48. The largest absolute Gasteiger partial charge is 0.302 e. The van der Waals surface area contributed by atoms with Gasteiger partial charge in [0, 0.05) is 11.6 Å². The highest BCUT2D eigenvalue weighted by molar-refractivity contribution is 7.16. The van der Waals surface area contributed by atoms with E-state index in [4.69, 9.17) is 6.42 Å². The molecule has 25 heavy (non-hydrogen) atoms. The van der Waals surface area contributed by atoms with Crippen molar-refractivity contribution in [2.45, 2.75) is 20.4 Å². The number of fused-ring (bicyclic) bond motifs is 1. The molecule has 0 atom stereocenters. The van der Waals surface area contributed by atoms with Crippen LogP contribution in [0.2, 0.25) is 0 Å². The smallest absolute Gasteiger partial charge is 0.279 e. The molecule has 1 amide bonds. The first-order valence-corrected chi connectivity index (χ1v) is 8.30. The number of carbonyl (C=O) groups is 1. The average molecular weight is 356 g/mol. The van der Waals surface area contributed by atoms with Crippen LogP contribution in [0.3, 0.4) is 0 Å². The molecule has 0 aliphatic carbocycles. The first-order chi connectivity index (χ1) is 11.9. The third kappa shape index (κ3) is 3.24. The second kappa shape index (κ2) is 6.61. The van der Waals surface area contributed by atoms with Gasteiger partial charge in [-0.05, 0) is 43.2 Å². The molecule has 0 spiro atoms. The molecule has 0 fully saturated rings. The minimum Gasteiger partial charge on any atom is -0.302 e.